The van der Waals surface area contributed by atoms with Crippen molar-refractivity contribution in [1.82, 2.24) is 20.0 Å². The molecule has 3 unspecified atom stereocenters. The van der Waals surface area contributed by atoms with Gasteiger partial charge >= 0.3 is 6.03 Å². The maximum atomic E-state index is 12.5. The number of amides is 3. The van der Waals surface area contributed by atoms with Crippen molar-refractivity contribution in [3.8, 4) is 0 Å². The molecule has 3 rings (SSSR count). The molecule has 3 amide bonds. The van der Waals surface area contributed by atoms with E-state index in [9.17, 15) is 14.7 Å². The Labute approximate surface area is 186 Å². The molecule has 9 nitrogen and oxygen atoms in total. The number of hydrogen-bond acceptors (Lipinski definition) is 5. The number of urea groups is 1. The van der Waals surface area contributed by atoms with E-state index in [0.717, 1.165) is 0 Å². The lowest BCUT2D eigenvalue weighted by atomic mass is 9.96. The van der Waals surface area contributed by atoms with E-state index in [0.29, 0.717) is 29.4 Å². The van der Waals surface area contributed by atoms with Crippen LogP contribution in [-0.2, 0) is 21.7 Å². The average molecular weight is 450 g/mol. The third-order valence-corrected chi connectivity index (χ3v) is 5.24. The smallest absolute Gasteiger partial charge is 0.319 e. The molecule has 0 saturated carbocycles. The van der Waals surface area contributed by atoms with Gasteiger partial charge in [-0.3, -0.25) is 9.48 Å². The minimum atomic E-state index is -1.29. The molecule has 0 spiro atoms. The zero-order chi connectivity index (χ0) is 22.6. The van der Waals surface area contributed by atoms with Crippen molar-refractivity contribution >= 4 is 29.2 Å². The summed E-state index contributed by atoms with van der Waals surface area (Å²) in [6.45, 7) is 6.62. The number of nitrogens with one attached hydrogen (secondary N) is 2. The Morgan fingerprint density at radius 2 is 2.03 bits per heavy atom. The number of ether oxygens (including phenoxy) is 1. The maximum Gasteiger partial charge on any atom is 0.319 e. The molecule has 3 atom stereocenters. The van der Waals surface area contributed by atoms with E-state index in [1.165, 1.54) is 10.9 Å². The second kappa shape index (κ2) is 9.67. The monoisotopic (exact) mass is 449 g/mol. The SMILES string of the molecule is CC1CN(C(=O)Cn2cc(NC(=O)NCC(C)(O)c3cccc(Cl)c3)cn2)CC(C)O1. The molecule has 0 radical (unpaired) electrons. The maximum absolute atomic E-state index is 12.5. The molecule has 1 aliphatic rings. The van der Waals surface area contributed by atoms with E-state index in [1.807, 2.05) is 13.8 Å². The van der Waals surface area contributed by atoms with E-state index < -0.39 is 11.6 Å². The van der Waals surface area contributed by atoms with Gasteiger partial charge in [-0.25, -0.2) is 4.79 Å². The number of nitrogens with zero attached hydrogens (tertiary/aromatic N) is 3. The third-order valence-electron chi connectivity index (χ3n) is 5.00. The van der Waals surface area contributed by atoms with Gasteiger partial charge < -0.3 is 25.4 Å². The van der Waals surface area contributed by atoms with E-state index in [-0.39, 0.29) is 31.2 Å². The van der Waals surface area contributed by atoms with Crippen molar-refractivity contribution < 1.29 is 19.4 Å². The van der Waals surface area contributed by atoms with Gasteiger partial charge in [0.1, 0.15) is 12.1 Å². The number of halogens is 1. The first-order valence-corrected chi connectivity index (χ1v) is 10.5. The van der Waals surface area contributed by atoms with Crippen molar-refractivity contribution in [1.29, 1.82) is 0 Å². The van der Waals surface area contributed by atoms with Crippen molar-refractivity contribution in [2.24, 2.45) is 0 Å². The molecule has 31 heavy (non-hydrogen) atoms. The van der Waals surface area contributed by atoms with Crippen LogP contribution in [0.2, 0.25) is 5.02 Å². The van der Waals surface area contributed by atoms with Crippen LogP contribution >= 0.6 is 11.6 Å². The Morgan fingerprint density at radius 3 is 2.71 bits per heavy atom. The number of benzene rings is 1. The van der Waals surface area contributed by atoms with Crippen molar-refractivity contribution in [2.75, 3.05) is 25.0 Å². The molecular formula is C21H28ClN5O4. The minimum absolute atomic E-state index is 0.00429. The van der Waals surface area contributed by atoms with Gasteiger partial charge in [-0.2, -0.15) is 5.10 Å². The summed E-state index contributed by atoms with van der Waals surface area (Å²) in [7, 11) is 0. The minimum Gasteiger partial charge on any atom is -0.384 e. The fourth-order valence-corrected chi connectivity index (χ4v) is 3.68. The van der Waals surface area contributed by atoms with Gasteiger partial charge in [0.2, 0.25) is 5.91 Å². The number of aliphatic hydroxyl groups is 1. The van der Waals surface area contributed by atoms with Crippen LogP contribution in [0.5, 0.6) is 0 Å². The molecule has 1 saturated heterocycles. The van der Waals surface area contributed by atoms with Crippen LogP contribution in [0.1, 0.15) is 26.3 Å². The van der Waals surface area contributed by atoms with Crippen LogP contribution in [0.15, 0.2) is 36.7 Å². The summed E-state index contributed by atoms with van der Waals surface area (Å²) in [6.07, 6.45) is 3.04. The van der Waals surface area contributed by atoms with Crippen LogP contribution in [0.4, 0.5) is 10.5 Å². The van der Waals surface area contributed by atoms with Crippen LogP contribution < -0.4 is 10.6 Å². The zero-order valence-electron chi connectivity index (χ0n) is 17.8. The highest BCUT2D eigenvalue weighted by Crippen LogP contribution is 2.22. The summed E-state index contributed by atoms with van der Waals surface area (Å²) >= 11 is 5.97. The van der Waals surface area contributed by atoms with Gasteiger partial charge in [0.15, 0.2) is 0 Å². The molecule has 0 bridgehead atoms. The van der Waals surface area contributed by atoms with Crippen LogP contribution in [0.25, 0.3) is 0 Å². The fraction of sp³-hybridized carbons (Fsp3) is 0.476. The van der Waals surface area contributed by atoms with Crippen LogP contribution in [0, 0.1) is 0 Å². The predicted molar refractivity (Wildman–Crippen MR) is 117 cm³/mol. The average Bonchev–Trinajstić information content (AvgIpc) is 3.12. The number of morpholine rings is 1. The third kappa shape index (κ3) is 6.43. The van der Waals surface area contributed by atoms with Gasteiger partial charge in [-0.15, -0.1) is 0 Å². The number of hydrogen-bond donors (Lipinski definition) is 3. The first kappa shape index (κ1) is 23.1. The quantitative estimate of drug-likeness (QED) is 0.626. The number of anilines is 1. The first-order chi connectivity index (χ1) is 14.6. The second-order valence-electron chi connectivity index (χ2n) is 8.07. The Kier molecular flexibility index (Phi) is 7.19. The summed E-state index contributed by atoms with van der Waals surface area (Å²) < 4.78 is 7.13. The van der Waals surface area contributed by atoms with E-state index in [4.69, 9.17) is 16.3 Å². The Bertz CT molecular complexity index is 922. The molecule has 1 fully saturated rings. The molecule has 2 aromatic rings. The second-order valence-corrected chi connectivity index (χ2v) is 8.51. The number of carbonyl (C=O) groups is 2. The fourth-order valence-electron chi connectivity index (χ4n) is 3.49. The van der Waals surface area contributed by atoms with Gasteiger partial charge in [-0.05, 0) is 38.5 Å². The summed E-state index contributed by atoms with van der Waals surface area (Å²) in [5.41, 5.74) is -0.250. The predicted octanol–water partition coefficient (Wildman–Crippen LogP) is 2.20. The van der Waals surface area contributed by atoms with E-state index in [2.05, 4.69) is 15.7 Å². The molecule has 10 heteroatoms. The van der Waals surface area contributed by atoms with E-state index >= 15 is 0 Å². The van der Waals surface area contributed by atoms with E-state index in [1.54, 1.807) is 42.3 Å². The van der Waals surface area contributed by atoms with Gasteiger partial charge in [0.25, 0.3) is 0 Å². The van der Waals surface area contributed by atoms with Crippen LogP contribution in [0.3, 0.4) is 0 Å². The lowest BCUT2D eigenvalue weighted by Gasteiger charge is -2.35. The van der Waals surface area contributed by atoms with Gasteiger partial charge in [-0.1, -0.05) is 23.7 Å². The Hall–Kier alpha value is -2.62. The molecule has 1 aromatic carbocycles. The normalized spacial score (nSPS) is 20.7. The Balaban J connectivity index is 1.50. The highest BCUT2D eigenvalue weighted by atomic mass is 35.5. The summed E-state index contributed by atoms with van der Waals surface area (Å²) in [5, 5.41) is 20.5. The first-order valence-electron chi connectivity index (χ1n) is 10.1. The molecule has 0 aliphatic carbocycles. The summed E-state index contributed by atoms with van der Waals surface area (Å²) in [4.78, 5) is 26.5. The highest BCUT2D eigenvalue weighted by molar-refractivity contribution is 6.30. The lowest BCUT2D eigenvalue weighted by molar-refractivity contribution is -0.144. The van der Waals surface area contributed by atoms with Gasteiger partial charge in [0, 0.05) is 24.3 Å². The van der Waals surface area contributed by atoms with Crippen molar-refractivity contribution in [3.63, 3.8) is 0 Å². The molecule has 2 heterocycles. The summed E-state index contributed by atoms with van der Waals surface area (Å²) in [5.74, 6) is -0.0568. The van der Waals surface area contributed by atoms with Crippen LogP contribution in [-0.4, -0.2) is 63.6 Å². The largest absolute Gasteiger partial charge is 0.384 e. The Morgan fingerprint density at radius 1 is 1.32 bits per heavy atom. The zero-order valence-corrected chi connectivity index (χ0v) is 18.6. The van der Waals surface area contributed by atoms with Crippen molar-refractivity contribution in [2.45, 2.75) is 45.1 Å². The molecular weight excluding hydrogens is 422 g/mol. The molecule has 168 valence electrons. The molecule has 1 aliphatic heterocycles. The molecule has 3 N–H and O–H groups in total. The van der Waals surface area contributed by atoms with Crippen molar-refractivity contribution in [3.05, 3.63) is 47.2 Å². The highest BCUT2D eigenvalue weighted by Gasteiger charge is 2.26. The summed E-state index contributed by atoms with van der Waals surface area (Å²) in [6, 6.07) is 6.34. The number of aromatic nitrogens is 2. The number of carbonyl (C=O) groups excluding carboxylic acids is 2. The standard InChI is InChI=1S/C21H28ClN5O4/c1-14-9-26(10-15(2)31-14)19(28)12-27-11-18(8-24-27)25-20(29)23-13-21(3,30)16-5-4-6-17(22)7-16/h4-8,11,14-15,30H,9-10,12-13H2,1-3H3,(H2,23,25,29). The molecule has 1 aromatic heterocycles. The van der Waals surface area contributed by atoms with Gasteiger partial charge in [0.05, 0.1) is 30.6 Å². The lowest BCUT2D eigenvalue weighted by Crippen LogP contribution is -2.49. The number of rotatable bonds is 6. The topological polar surface area (TPSA) is 109 Å².